The molecule has 14 nitrogen and oxygen atoms in total. The van der Waals surface area contributed by atoms with E-state index in [1.807, 2.05) is 0 Å². The quantitative estimate of drug-likeness (QED) is 0.0732. The Bertz CT molecular complexity index is 1890. The number of aromatic nitrogens is 3. The zero-order chi connectivity index (χ0) is 28.5. The van der Waals surface area contributed by atoms with Crippen LogP contribution in [-0.2, 0) is 20.2 Å². The molecule has 0 aliphatic carbocycles. The average Bonchev–Trinajstić information content (AvgIpc) is 2.80. The van der Waals surface area contributed by atoms with Gasteiger partial charge in [-0.3, -0.25) is 9.55 Å². The Hall–Kier alpha value is -1.80. The van der Waals surface area contributed by atoms with Crippen molar-refractivity contribution in [3.63, 3.8) is 0 Å². The molecule has 0 aliphatic rings. The van der Waals surface area contributed by atoms with Gasteiger partial charge in [-0.25, -0.2) is 8.42 Å². The number of anilines is 2. The third kappa shape index (κ3) is 9.09. The molecule has 20 heteroatoms. The molecule has 0 saturated carbocycles. The van der Waals surface area contributed by atoms with E-state index in [0.717, 1.165) is 24.3 Å². The van der Waals surface area contributed by atoms with Crippen LogP contribution in [0.2, 0.25) is 10.6 Å². The molecule has 0 unspecified atom stereocenters. The van der Waals surface area contributed by atoms with Gasteiger partial charge >= 0.3 is 59.1 Å². The van der Waals surface area contributed by atoms with Crippen LogP contribution in [0.4, 0.5) is 28.7 Å². The van der Waals surface area contributed by atoms with Gasteiger partial charge in [-0.1, -0.05) is 12.1 Å². The van der Waals surface area contributed by atoms with Gasteiger partial charge in [0.1, 0.15) is 20.7 Å². The molecule has 0 atom stereocenters. The maximum absolute atomic E-state index is 12.0. The van der Waals surface area contributed by atoms with Crippen LogP contribution in [0.15, 0.2) is 73.5 Å². The summed E-state index contributed by atoms with van der Waals surface area (Å²) in [5.41, 5.74) is 0.190. The molecule has 4 rings (SSSR count). The van der Waals surface area contributed by atoms with Gasteiger partial charge in [-0.15, -0.1) is 5.11 Å². The van der Waals surface area contributed by atoms with Crippen molar-refractivity contribution in [2.24, 2.45) is 15.2 Å². The van der Waals surface area contributed by atoms with Crippen molar-refractivity contribution in [1.82, 2.24) is 15.0 Å². The first-order valence-electron chi connectivity index (χ1n) is 10.3. The van der Waals surface area contributed by atoms with Gasteiger partial charge < -0.3 is 15.0 Å². The second kappa shape index (κ2) is 14.1. The number of rotatable bonds is 7. The Morgan fingerprint density at radius 1 is 0.878 bits per heavy atom. The topological polar surface area (TPSA) is 222 Å². The predicted octanol–water partition coefficient (Wildman–Crippen LogP) is -1.94. The van der Waals surface area contributed by atoms with E-state index in [1.54, 1.807) is 0 Å². The van der Waals surface area contributed by atoms with Crippen LogP contribution in [0.3, 0.4) is 0 Å². The van der Waals surface area contributed by atoms with Crippen LogP contribution in [0, 0.1) is 0 Å². The van der Waals surface area contributed by atoms with Crippen molar-refractivity contribution in [3.8, 4) is 0 Å². The van der Waals surface area contributed by atoms with Gasteiger partial charge in [0.2, 0.25) is 16.5 Å². The SMILES string of the molecule is CC([O-])=Nc1cc(Nc2nc(Cl)nc(Cl)n2)ccc1N=Nc1cc(S(=O)(=O)O)c2cccc(S(=O)(=O)[O-])c2c1.[Na+].[Na+]. The molecule has 0 amide bonds. The maximum atomic E-state index is 12.0. The van der Waals surface area contributed by atoms with Gasteiger partial charge in [0.25, 0.3) is 10.1 Å². The molecular formula is C21H13Cl2N7Na2O7S2. The summed E-state index contributed by atoms with van der Waals surface area (Å²) in [5, 5.41) is 21.6. The smallest absolute Gasteiger partial charge is 0.862 e. The number of halogens is 2. The number of azo groups is 1. The number of aliphatic imine (C=N–C) groups is 1. The van der Waals surface area contributed by atoms with Gasteiger partial charge in [0, 0.05) is 16.5 Å². The second-order valence-corrected chi connectivity index (χ2v) is 11.0. The molecule has 1 heterocycles. The average molecular weight is 656 g/mol. The summed E-state index contributed by atoms with van der Waals surface area (Å²) < 4.78 is 69.0. The van der Waals surface area contributed by atoms with E-state index in [2.05, 4.69) is 35.5 Å². The van der Waals surface area contributed by atoms with Crippen LogP contribution < -0.4 is 69.5 Å². The molecule has 202 valence electrons. The molecule has 0 fully saturated rings. The van der Waals surface area contributed by atoms with Gasteiger partial charge in [-0.05, 0) is 72.4 Å². The van der Waals surface area contributed by atoms with Crippen molar-refractivity contribution in [3.05, 3.63) is 59.1 Å². The summed E-state index contributed by atoms with van der Waals surface area (Å²) in [6.45, 7) is 1.19. The van der Waals surface area contributed by atoms with E-state index in [0.29, 0.717) is 5.69 Å². The Labute approximate surface area is 287 Å². The Morgan fingerprint density at radius 3 is 2.12 bits per heavy atom. The molecule has 0 saturated heterocycles. The first kappa shape index (κ1) is 35.4. The summed E-state index contributed by atoms with van der Waals surface area (Å²) in [7, 11) is -9.89. The summed E-state index contributed by atoms with van der Waals surface area (Å²) in [6, 6.07) is 9.71. The fraction of sp³-hybridized carbons (Fsp3) is 0.0476. The monoisotopic (exact) mass is 655 g/mol. The normalized spacial score (nSPS) is 12.2. The van der Waals surface area contributed by atoms with E-state index in [1.165, 1.54) is 31.2 Å². The van der Waals surface area contributed by atoms with Crippen LogP contribution in [0.1, 0.15) is 6.92 Å². The fourth-order valence-corrected chi connectivity index (χ4v) is 5.14. The van der Waals surface area contributed by atoms with Crippen molar-refractivity contribution in [1.29, 1.82) is 0 Å². The van der Waals surface area contributed by atoms with E-state index < -0.39 is 35.9 Å². The summed E-state index contributed by atoms with van der Waals surface area (Å²) in [6.07, 6.45) is 0. The molecule has 3 aromatic carbocycles. The second-order valence-electron chi connectivity index (χ2n) is 7.58. The van der Waals surface area contributed by atoms with E-state index in [-0.39, 0.29) is 103 Å². The largest absolute Gasteiger partial charge is 1.00 e. The zero-order valence-corrected chi connectivity index (χ0v) is 28.4. The number of fused-ring (bicyclic) bond motifs is 1. The third-order valence-electron chi connectivity index (χ3n) is 4.81. The summed E-state index contributed by atoms with van der Waals surface area (Å²) in [5.74, 6) is -0.583. The number of hydrogen-bond acceptors (Lipinski definition) is 13. The minimum Gasteiger partial charge on any atom is -0.862 e. The Kier molecular flexibility index (Phi) is 12.2. The third-order valence-corrected chi connectivity index (χ3v) is 6.94. The van der Waals surface area contributed by atoms with Crippen LogP contribution >= 0.6 is 23.2 Å². The minimum atomic E-state index is -5.02. The summed E-state index contributed by atoms with van der Waals surface area (Å²) in [4.78, 5) is 13.8. The number of nitrogens with one attached hydrogen (secondary N) is 1. The standard InChI is InChI=1S/C21H15Cl2N7O7S2.2Na/c1-10(31)24-16-8-11(25-21-27-19(22)26-20(23)28-21)5-6-15(16)30-29-12-7-14-13(18(9-12)39(35,36)37)3-2-4-17(14)38(32,33)34;;/h2-9H,1H3,(H,24,31)(H,32,33,34)(H,35,36,37)(H,25,26,27,28);;/q;2*+1/p-2. The molecule has 0 bridgehead atoms. The Balaban J connectivity index is 0.00000294. The first-order chi connectivity index (χ1) is 18.2. The van der Waals surface area contributed by atoms with Crippen molar-refractivity contribution >= 4 is 88.8 Å². The zero-order valence-electron chi connectivity index (χ0n) is 21.3. The van der Waals surface area contributed by atoms with Gasteiger partial charge in [0.05, 0.1) is 16.3 Å². The molecule has 41 heavy (non-hydrogen) atoms. The van der Waals surface area contributed by atoms with Crippen LogP contribution in [0.25, 0.3) is 10.8 Å². The minimum absolute atomic E-state index is 0. The summed E-state index contributed by atoms with van der Waals surface area (Å²) >= 11 is 11.5. The van der Waals surface area contributed by atoms with E-state index in [4.69, 9.17) is 23.2 Å². The van der Waals surface area contributed by atoms with Crippen LogP contribution in [-0.4, -0.2) is 46.8 Å². The van der Waals surface area contributed by atoms with Gasteiger partial charge in [0.15, 0.2) is 0 Å². The van der Waals surface area contributed by atoms with E-state index >= 15 is 0 Å². The Morgan fingerprint density at radius 2 is 1.54 bits per heavy atom. The van der Waals surface area contributed by atoms with Gasteiger partial charge in [-0.2, -0.15) is 28.5 Å². The van der Waals surface area contributed by atoms with Crippen molar-refractivity contribution in [2.45, 2.75) is 16.7 Å². The molecule has 1 aromatic heterocycles. The molecule has 0 aliphatic heterocycles. The van der Waals surface area contributed by atoms with Crippen molar-refractivity contribution in [2.75, 3.05) is 5.32 Å². The molecule has 4 aromatic rings. The molecule has 2 N–H and O–H groups in total. The fourth-order valence-electron chi connectivity index (χ4n) is 3.37. The molecule has 0 radical (unpaired) electrons. The number of hydrogen-bond donors (Lipinski definition) is 2. The first-order valence-corrected chi connectivity index (χ1v) is 13.9. The maximum Gasteiger partial charge on any atom is 1.00 e. The van der Waals surface area contributed by atoms with Crippen LogP contribution in [0.5, 0.6) is 0 Å². The number of benzene rings is 3. The van der Waals surface area contributed by atoms with E-state index in [9.17, 15) is 31.0 Å². The number of nitrogens with zero attached hydrogens (tertiary/aromatic N) is 6. The predicted molar refractivity (Wildman–Crippen MR) is 138 cm³/mol. The molecule has 0 spiro atoms. The molecular weight excluding hydrogens is 643 g/mol. The van der Waals surface area contributed by atoms with Crippen molar-refractivity contribution < 1.29 is 90.2 Å².